The molecular weight excluding hydrogens is 405 g/mol. The maximum atomic E-state index is 13.8. The van der Waals surface area contributed by atoms with Gasteiger partial charge >= 0.3 is 0 Å². The summed E-state index contributed by atoms with van der Waals surface area (Å²) >= 11 is 3.23. The average Bonchev–Trinajstić information content (AvgIpc) is 2.63. The van der Waals surface area contributed by atoms with Crippen LogP contribution in [0.4, 0.5) is 15.8 Å². The zero-order valence-electron chi connectivity index (χ0n) is 13.8. The Morgan fingerprint density at radius 2 is 1.92 bits per heavy atom. The molecule has 2 aromatic carbocycles. The van der Waals surface area contributed by atoms with Crippen LogP contribution in [-0.2, 0) is 0 Å². The van der Waals surface area contributed by atoms with E-state index < -0.39 is 10.7 Å². The van der Waals surface area contributed by atoms with Crippen LogP contribution in [0.5, 0.6) is 0 Å². The number of rotatable bonds is 4. The molecule has 8 heteroatoms. The summed E-state index contributed by atoms with van der Waals surface area (Å²) in [6, 6.07) is 10.8. The summed E-state index contributed by atoms with van der Waals surface area (Å²) < 4.78 is 14.4. The highest BCUT2D eigenvalue weighted by molar-refractivity contribution is 9.10. The molecule has 0 bridgehead atoms. The molecule has 0 radical (unpaired) electrons. The quantitative estimate of drug-likeness (QED) is 0.592. The minimum Gasteiger partial charge on any atom is -0.377 e. The summed E-state index contributed by atoms with van der Waals surface area (Å²) in [7, 11) is 0. The standard InChI is InChI=1S/C18H17BrFN3O3/c19-12-5-6-16(17(11-12)23(25)26)21-13-7-9-22(10-8-13)18(24)14-3-1-2-4-15(14)20/h1-6,11,13,21H,7-10H2. The van der Waals surface area contributed by atoms with E-state index in [1.807, 2.05) is 0 Å². The summed E-state index contributed by atoms with van der Waals surface area (Å²) in [5, 5.41) is 14.4. The van der Waals surface area contributed by atoms with Gasteiger partial charge in [0.15, 0.2) is 0 Å². The number of carbonyl (C=O) groups excluding carboxylic acids is 1. The number of benzene rings is 2. The SMILES string of the molecule is O=C(c1ccccc1F)N1CCC(Nc2ccc(Br)cc2[N+](=O)[O-])CC1. The van der Waals surface area contributed by atoms with E-state index in [4.69, 9.17) is 0 Å². The van der Waals surface area contributed by atoms with E-state index in [1.165, 1.54) is 18.2 Å². The molecule has 0 saturated carbocycles. The number of hydrogen-bond acceptors (Lipinski definition) is 4. The highest BCUT2D eigenvalue weighted by Crippen LogP contribution is 2.30. The molecule has 6 nitrogen and oxygen atoms in total. The first-order chi connectivity index (χ1) is 12.5. The van der Waals surface area contributed by atoms with Crippen molar-refractivity contribution < 1.29 is 14.1 Å². The number of hydrogen-bond donors (Lipinski definition) is 1. The van der Waals surface area contributed by atoms with Crippen LogP contribution in [0.3, 0.4) is 0 Å². The molecule has 1 aliphatic rings. The molecular formula is C18H17BrFN3O3. The predicted octanol–water partition coefficient (Wildman–Crippen LogP) is 4.21. The van der Waals surface area contributed by atoms with Crippen molar-refractivity contribution >= 4 is 33.2 Å². The lowest BCUT2D eigenvalue weighted by atomic mass is 10.0. The molecule has 26 heavy (non-hydrogen) atoms. The van der Waals surface area contributed by atoms with Gasteiger partial charge in [0, 0.05) is 29.7 Å². The summed E-state index contributed by atoms with van der Waals surface area (Å²) in [6.45, 7) is 0.935. The molecule has 2 aromatic rings. The second kappa shape index (κ2) is 7.82. The van der Waals surface area contributed by atoms with E-state index in [9.17, 15) is 19.3 Å². The molecule has 0 aromatic heterocycles. The molecule has 0 spiro atoms. The van der Waals surface area contributed by atoms with Crippen molar-refractivity contribution in [1.29, 1.82) is 0 Å². The number of nitrogens with zero attached hydrogens (tertiary/aromatic N) is 2. The van der Waals surface area contributed by atoms with E-state index in [1.54, 1.807) is 29.2 Å². The van der Waals surface area contributed by atoms with E-state index in [-0.39, 0.29) is 23.2 Å². The number of nitro benzene ring substituents is 1. The third-order valence-corrected chi connectivity index (χ3v) is 4.90. The molecule has 1 fully saturated rings. The maximum Gasteiger partial charge on any atom is 0.293 e. The topological polar surface area (TPSA) is 75.5 Å². The van der Waals surface area contributed by atoms with Gasteiger partial charge in [0.05, 0.1) is 10.5 Å². The molecule has 1 aliphatic heterocycles. The van der Waals surface area contributed by atoms with E-state index in [0.717, 1.165) is 0 Å². The van der Waals surface area contributed by atoms with Gasteiger partial charge in [-0.3, -0.25) is 14.9 Å². The summed E-state index contributed by atoms with van der Waals surface area (Å²) in [5.74, 6) is -0.848. The zero-order chi connectivity index (χ0) is 18.7. The van der Waals surface area contributed by atoms with E-state index in [0.29, 0.717) is 36.1 Å². The molecule has 1 saturated heterocycles. The Morgan fingerprint density at radius 1 is 1.23 bits per heavy atom. The molecule has 136 valence electrons. The van der Waals surface area contributed by atoms with Crippen LogP contribution >= 0.6 is 15.9 Å². The fourth-order valence-electron chi connectivity index (χ4n) is 3.03. The van der Waals surface area contributed by atoms with Crippen molar-refractivity contribution in [2.24, 2.45) is 0 Å². The number of nitro groups is 1. The van der Waals surface area contributed by atoms with Gasteiger partial charge in [0.25, 0.3) is 11.6 Å². The second-order valence-electron chi connectivity index (χ2n) is 6.11. The number of nitrogens with one attached hydrogen (secondary N) is 1. The van der Waals surface area contributed by atoms with E-state index >= 15 is 0 Å². The van der Waals surface area contributed by atoms with Gasteiger partial charge < -0.3 is 10.2 Å². The van der Waals surface area contributed by atoms with Crippen LogP contribution in [0.2, 0.25) is 0 Å². The fourth-order valence-corrected chi connectivity index (χ4v) is 3.38. The van der Waals surface area contributed by atoms with Crippen molar-refractivity contribution in [2.75, 3.05) is 18.4 Å². The lowest BCUT2D eigenvalue weighted by Gasteiger charge is -2.33. The van der Waals surface area contributed by atoms with Crippen LogP contribution in [0.1, 0.15) is 23.2 Å². The first-order valence-electron chi connectivity index (χ1n) is 8.20. The van der Waals surface area contributed by atoms with Crippen molar-refractivity contribution in [2.45, 2.75) is 18.9 Å². The van der Waals surface area contributed by atoms with Crippen molar-refractivity contribution in [3.8, 4) is 0 Å². The van der Waals surface area contributed by atoms with Crippen LogP contribution in [0, 0.1) is 15.9 Å². The number of piperidine rings is 1. The number of halogens is 2. The van der Waals surface area contributed by atoms with Crippen LogP contribution in [0.25, 0.3) is 0 Å². The first kappa shape index (κ1) is 18.3. The Bertz CT molecular complexity index is 838. The maximum absolute atomic E-state index is 13.8. The van der Waals surface area contributed by atoms with E-state index in [2.05, 4.69) is 21.2 Å². The number of likely N-dealkylation sites (tertiary alicyclic amines) is 1. The van der Waals surface area contributed by atoms with Gasteiger partial charge in [-0.15, -0.1) is 0 Å². The predicted molar refractivity (Wildman–Crippen MR) is 99.7 cm³/mol. The Hall–Kier alpha value is -2.48. The molecule has 0 atom stereocenters. The summed E-state index contributed by atoms with van der Waals surface area (Å²) in [4.78, 5) is 24.8. The first-order valence-corrected chi connectivity index (χ1v) is 8.99. The second-order valence-corrected chi connectivity index (χ2v) is 7.02. The Morgan fingerprint density at radius 3 is 2.58 bits per heavy atom. The van der Waals surface area contributed by atoms with Gasteiger partial charge in [-0.1, -0.05) is 28.1 Å². The van der Waals surface area contributed by atoms with Crippen molar-refractivity contribution in [1.82, 2.24) is 4.90 Å². The zero-order valence-corrected chi connectivity index (χ0v) is 15.4. The van der Waals surface area contributed by atoms with Crippen LogP contribution in [-0.4, -0.2) is 34.9 Å². The third kappa shape index (κ3) is 4.01. The van der Waals surface area contributed by atoms with Gasteiger partial charge in [0.1, 0.15) is 11.5 Å². The summed E-state index contributed by atoms with van der Waals surface area (Å²) in [5.41, 5.74) is 0.531. The number of anilines is 1. The third-order valence-electron chi connectivity index (χ3n) is 4.40. The molecule has 1 N–H and O–H groups in total. The smallest absolute Gasteiger partial charge is 0.293 e. The molecule has 3 rings (SSSR count). The number of carbonyl (C=O) groups is 1. The highest BCUT2D eigenvalue weighted by Gasteiger charge is 2.26. The van der Waals surface area contributed by atoms with Crippen molar-refractivity contribution in [3.63, 3.8) is 0 Å². The van der Waals surface area contributed by atoms with Gasteiger partial charge in [-0.05, 0) is 37.1 Å². The highest BCUT2D eigenvalue weighted by atomic mass is 79.9. The molecule has 0 aliphatic carbocycles. The van der Waals surface area contributed by atoms with Crippen LogP contribution < -0.4 is 5.32 Å². The van der Waals surface area contributed by atoms with Gasteiger partial charge in [0.2, 0.25) is 0 Å². The molecule has 0 unspecified atom stereocenters. The average molecular weight is 422 g/mol. The normalized spacial score (nSPS) is 14.9. The Kier molecular flexibility index (Phi) is 5.51. The monoisotopic (exact) mass is 421 g/mol. The molecule has 1 amide bonds. The number of amides is 1. The Labute approximate surface area is 158 Å². The van der Waals surface area contributed by atoms with Gasteiger partial charge in [-0.2, -0.15) is 0 Å². The minimum atomic E-state index is -0.525. The lowest BCUT2D eigenvalue weighted by Crippen LogP contribution is -2.42. The summed E-state index contributed by atoms with van der Waals surface area (Å²) in [6.07, 6.45) is 1.26. The Balaban J connectivity index is 1.64. The van der Waals surface area contributed by atoms with Gasteiger partial charge in [-0.25, -0.2) is 4.39 Å². The van der Waals surface area contributed by atoms with Crippen molar-refractivity contribution in [3.05, 3.63) is 68.4 Å². The fraction of sp³-hybridized carbons (Fsp3) is 0.278. The largest absolute Gasteiger partial charge is 0.377 e. The molecule has 1 heterocycles. The minimum absolute atomic E-state index is 0.00392. The van der Waals surface area contributed by atoms with Crippen LogP contribution in [0.15, 0.2) is 46.9 Å². The lowest BCUT2D eigenvalue weighted by molar-refractivity contribution is -0.384.